The maximum absolute atomic E-state index is 2.40. The molecule has 0 aliphatic rings. The van der Waals surface area contributed by atoms with Gasteiger partial charge in [-0.15, -0.1) is 11.3 Å². The Bertz CT molecular complexity index is 3190. The van der Waals surface area contributed by atoms with E-state index in [0.29, 0.717) is 0 Å². The van der Waals surface area contributed by atoms with Gasteiger partial charge in [0.25, 0.3) is 0 Å². The predicted molar refractivity (Wildman–Crippen MR) is 237 cm³/mol. The van der Waals surface area contributed by atoms with Crippen LogP contribution in [-0.4, -0.2) is 4.57 Å². The molecule has 0 unspecified atom stereocenters. The zero-order chi connectivity index (χ0) is 36.3. The molecule has 0 amide bonds. The number of fused-ring (bicyclic) bond motifs is 7. The van der Waals surface area contributed by atoms with E-state index in [9.17, 15) is 0 Å². The third kappa shape index (κ3) is 5.40. The van der Waals surface area contributed by atoms with Crippen LogP contribution < -0.4 is 4.90 Å². The van der Waals surface area contributed by atoms with Gasteiger partial charge in [-0.25, -0.2) is 0 Å². The molecule has 0 saturated carbocycles. The Hall–Kier alpha value is -6.94. The van der Waals surface area contributed by atoms with Crippen molar-refractivity contribution in [3.05, 3.63) is 206 Å². The minimum atomic E-state index is 1.11. The maximum Gasteiger partial charge on any atom is 0.0547 e. The monoisotopic (exact) mass is 718 g/mol. The highest BCUT2D eigenvalue weighted by Crippen LogP contribution is 2.42. The first-order valence-electron chi connectivity index (χ1n) is 18.7. The molecule has 11 rings (SSSR count). The third-order valence-electron chi connectivity index (χ3n) is 11.0. The fraction of sp³-hybridized carbons (Fsp3) is 0. The molecule has 55 heavy (non-hydrogen) atoms. The summed E-state index contributed by atoms with van der Waals surface area (Å²) in [5.74, 6) is 0. The van der Waals surface area contributed by atoms with Gasteiger partial charge in [-0.1, -0.05) is 127 Å². The van der Waals surface area contributed by atoms with Crippen LogP contribution >= 0.6 is 11.3 Å². The molecular weight excluding hydrogens is 685 g/mol. The van der Waals surface area contributed by atoms with E-state index < -0.39 is 0 Å². The number of para-hydroxylation sites is 1. The molecule has 2 heterocycles. The number of hydrogen-bond acceptors (Lipinski definition) is 2. The lowest BCUT2D eigenvalue weighted by molar-refractivity contribution is 1.18. The zero-order valence-corrected chi connectivity index (χ0v) is 30.7. The van der Waals surface area contributed by atoms with E-state index in [1.54, 1.807) is 0 Å². The van der Waals surface area contributed by atoms with E-state index >= 15 is 0 Å². The fourth-order valence-electron chi connectivity index (χ4n) is 8.29. The summed E-state index contributed by atoms with van der Waals surface area (Å²) in [6.07, 6.45) is 0. The van der Waals surface area contributed by atoms with E-state index in [4.69, 9.17) is 0 Å². The lowest BCUT2D eigenvalue weighted by Gasteiger charge is -2.26. The molecule has 0 atom stereocenters. The summed E-state index contributed by atoms with van der Waals surface area (Å²) < 4.78 is 5.02. The number of thiophene rings is 1. The van der Waals surface area contributed by atoms with Crippen molar-refractivity contribution < 1.29 is 0 Å². The zero-order valence-electron chi connectivity index (χ0n) is 29.9. The van der Waals surface area contributed by atoms with Gasteiger partial charge >= 0.3 is 0 Å². The molecule has 2 nitrogen and oxygen atoms in total. The number of anilines is 3. The number of rotatable bonds is 6. The number of aromatic nitrogens is 1. The van der Waals surface area contributed by atoms with Crippen molar-refractivity contribution in [3.63, 3.8) is 0 Å². The molecule has 0 radical (unpaired) electrons. The van der Waals surface area contributed by atoms with Crippen molar-refractivity contribution in [1.82, 2.24) is 4.57 Å². The lowest BCUT2D eigenvalue weighted by Crippen LogP contribution is -2.10. The molecule has 11 aromatic rings. The van der Waals surface area contributed by atoms with Gasteiger partial charge in [-0.2, -0.15) is 0 Å². The van der Waals surface area contributed by atoms with Crippen LogP contribution in [0.1, 0.15) is 0 Å². The van der Waals surface area contributed by atoms with E-state index in [-0.39, 0.29) is 0 Å². The van der Waals surface area contributed by atoms with Crippen LogP contribution in [0.15, 0.2) is 206 Å². The standard InChI is InChI=1S/C52H34N2S/c1-2-11-35(12-3-1)38-15-10-16-43(31-38)53(44-29-30-52-48(34-44)46-18-7-9-20-51(46)55-52)41-25-21-36(22-26-41)37-23-27-42(28-24-37)54-49-19-8-6-17-45(49)47-32-39-13-4-5-14-40(39)33-50(47)54/h1-34H. The van der Waals surface area contributed by atoms with E-state index in [2.05, 4.69) is 216 Å². The van der Waals surface area contributed by atoms with Crippen molar-refractivity contribution in [2.75, 3.05) is 4.90 Å². The molecule has 0 aliphatic heterocycles. The second-order valence-electron chi connectivity index (χ2n) is 14.2. The largest absolute Gasteiger partial charge is 0.310 e. The van der Waals surface area contributed by atoms with Crippen LogP contribution in [-0.2, 0) is 0 Å². The third-order valence-corrected chi connectivity index (χ3v) is 12.1. The van der Waals surface area contributed by atoms with Gasteiger partial charge in [0.1, 0.15) is 0 Å². The van der Waals surface area contributed by atoms with Crippen molar-refractivity contribution in [2.45, 2.75) is 0 Å². The molecule has 0 N–H and O–H groups in total. The number of nitrogens with zero attached hydrogens (tertiary/aromatic N) is 2. The van der Waals surface area contributed by atoms with Crippen LogP contribution in [0.2, 0.25) is 0 Å². The van der Waals surface area contributed by atoms with E-state index in [1.165, 1.54) is 75.0 Å². The summed E-state index contributed by atoms with van der Waals surface area (Å²) in [6, 6.07) is 75.2. The van der Waals surface area contributed by atoms with Crippen molar-refractivity contribution in [2.24, 2.45) is 0 Å². The van der Waals surface area contributed by atoms with Gasteiger partial charge in [-0.3, -0.25) is 0 Å². The van der Waals surface area contributed by atoms with Crippen LogP contribution in [0.4, 0.5) is 17.1 Å². The summed E-state index contributed by atoms with van der Waals surface area (Å²) >= 11 is 1.85. The van der Waals surface area contributed by atoms with Gasteiger partial charge < -0.3 is 9.47 Å². The highest BCUT2D eigenvalue weighted by atomic mass is 32.1. The first-order valence-corrected chi connectivity index (χ1v) is 19.6. The van der Waals surface area contributed by atoms with Crippen LogP contribution in [0.5, 0.6) is 0 Å². The minimum Gasteiger partial charge on any atom is -0.310 e. The van der Waals surface area contributed by atoms with Crippen LogP contribution in [0.25, 0.3) is 80.7 Å². The molecule has 0 saturated heterocycles. The fourth-order valence-corrected chi connectivity index (χ4v) is 9.38. The maximum atomic E-state index is 2.40. The van der Waals surface area contributed by atoms with Gasteiger partial charge in [0.2, 0.25) is 0 Å². The molecule has 9 aromatic carbocycles. The van der Waals surface area contributed by atoms with Crippen molar-refractivity contribution >= 4 is 81.1 Å². The smallest absolute Gasteiger partial charge is 0.0547 e. The van der Waals surface area contributed by atoms with Crippen molar-refractivity contribution in [1.29, 1.82) is 0 Å². The summed E-state index contributed by atoms with van der Waals surface area (Å²) in [6.45, 7) is 0. The Labute approximate surface area is 323 Å². The lowest BCUT2D eigenvalue weighted by atomic mass is 10.0. The number of hydrogen-bond donors (Lipinski definition) is 0. The van der Waals surface area contributed by atoms with Gasteiger partial charge in [0.15, 0.2) is 0 Å². The SMILES string of the molecule is c1ccc(-c2cccc(N(c3ccc(-c4ccc(-n5c6ccccc6c6cc7ccccc7cc65)cc4)cc3)c3ccc4sc5ccccc5c4c3)c2)cc1. The summed E-state index contributed by atoms with van der Waals surface area (Å²) in [4.78, 5) is 2.39. The molecule has 0 aliphatic carbocycles. The molecule has 0 fully saturated rings. The minimum absolute atomic E-state index is 1.11. The van der Waals surface area contributed by atoms with Crippen molar-refractivity contribution in [3.8, 4) is 27.9 Å². The topological polar surface area (TPSA) is 8.17 Å². The molecular formula is C52H34N2S. The van der Waals surface area contributed by atoms with Crippen LogP contribution in [0.3, 0.4) is 0 Å². The Morgan fingerprint density at radius 3 is 1.75 bits per heavy atom. The molecule has 258 valence electrons. The average Bonchev–Trinajstić information content (AvgIpc) is 3.79. The molecule has 0 bridgehead atoms. The first kappa shape index (κ1) is 31.6. The normalized spacial score (nSPS) is 11.6. The summed E-state index contributed by atoms with van der Waals surface area (Å²) in [7, 11) is 0. The van der Waals surface area contributed by atoms with Gasteiger partial charge in [-0.05, 0) is 112 Å². The molecule has 0 spiro atoms. The van der Waals surface area contributed by atoms with E-state index in [1.807, 2.05) is 11.3 Å². The summed E-state index contributed by atoms with van der Waals surface area (Å²) in [5, 5.41) is 7.65. The Balaban J connectivity index is 0.988. The average molecular weight is 719 g/mol. The highest BCUT2D eigenvalue weighted by molar-refractivity contribution is 7.25. The summed E-state index contributed by atoms with van der Waals surface area (Å²) in [5.41, 5.74) is 11.7. The highest BCUT2D eigenvalue weighted by Gasteiger charge is 2.17. The first-order chi connectivity index (χ1) is 27.2. The molecule has 2 aromatic heterocycles. The quantitative estimate of drug-likeness (QED) is 0.166. The second kappa shape index (κ2) is 12.9. The Morgan fingerprint density at radius 1 is 0.327 bits per heavy atom. The van der Waals surface area contributed by atoms with Crippen LogP contribution in [0, 0.1) is 0 Å². The Morgan fingerprint density at radius 2 is 0.927 bits per heavy atom. The molecule has 3 heteroatoms. The number of benzene rings is 9. The Kier molecular flexibility index (Phi) is 7.39. The predicted octanol–water partition coefficient (Wildman–Crippen LogP) is 15.1. The second-order valence-corrected chi connectivity index (χ2v) is 15.3. The van der Waals surface area contributed by atoms with Gasteiger partial charge in [0.05, 0.1) is 11.0 Å². The van der Waals surface area contributed by atoms with Gasteiger partial charge in [0, 0.05) is 53.7 Å². The van der Waals surface area contributed by atoms with E-state index in [0.717, 1.165) is 22.7 Å².